The second-order valence-corrected chi connectivity index (χ2v) is 7.28. The highest BCUT2D eigenvalue weighted by Gasteiger charge is 2.21. The van der Waals surface area contributed by atoms with Gasteiger partial charge in [0, 0.05) is 11.8 Å². The lowest BCUT2D eigenvalue weighted by molar-refractivity contribution is -0.980. The zero-order valence-electron chi connectivity index (χ0n) is 16.5. The first-order valence-corrected chi connectivity index (χ1v) is 9.98. The van der Waals surface area contributed by atoms with Crippen LogP contribution in [0.5, 0.6) is 0 Å². The molecule has 6 nitrogen and oxygen atoms in total. The molecular weight excluding hydrogens is 348 g/mol. The number of hydrogen-bond acceptors (Lipinski definition) is 4. The molecule has 4 N–H and O–H groups in total. The molecule has 0 bridgehead atoms. The summed E-state index contributed by atoms with van der Waals surface area (Å²) in [5.74, 6) is 1.49. The van der Waals surface area contributed by atoms with E-state index in [0.717, 1.165) is 55.3 Å². The van der Waals surface area contributed by atoms with Crippen molar-refractivity contribution < 1.29 is 9.89 Å². The van der Waals surface area contributed by atoms with Crippen molar-refractivity contribution in [2.24, 2.45) is 0 Å². The van der Waals surface area contributed by atoms with Gasteiger partial charge in [-0.25, -0.2) is 20.6 Å². The quantitative estimate of drug-likeness (QED) is 0.506. The van der Waals surface area contributed by atoms with Gasteiger partial charge < -0.3 is 0 Å². The minimum absolute atomic E-state index is 0.622. The average molecular weight is 377 g/mol. The van der Waals surface area contributed by atoms with Gasteiger partial charge in [0.25, 0.3) is 5.95 Å². The molecule has 1 unspecified atom stereocenters. The molecule has 1 aliphatic heterocycles. The van der Waals surface area contributed by atoms with Gasteiger partial charge in [0.05, 0.1) is 17.8 Å². The highest BCUT2D eigenvalue weighted by atomic mass is 15.4. The maximum atomic E-state index is 4.67. The van der Waals surface area contributed by atoms with Crippen molar-refractivity contribution in [3.63, 3.8) is 0 Å². The summed E-state index contributed by atoms with van der Waals surface area (Å²) in [7, 11) is 0. The summed E-state index contributed by atoms with van der Waals surface area (Å²) in [6.45, 7) is 7.03. The van der Waals surface area contributed by atoms with Gasteiger partial charge in [0.15, 0.2) is 13.3 Å². The molecule has 4 rings (SSSR count). The van der Waals surface area contributed by atoms with Crippen molar-refractivity contribution in [1.29, 1.82) is 0 Å². The molecule has 2 aromatic carbocycles. The summed E-state index contributed by atoms with van der Waals surface area (Å²) in [5, 5.41) is 7.83. The minimum atomic E-state index is 0.622. The first-order chi connectivity index (χ1) is 13.7. The first-order valence-electron chi connectivity index (χ1n) is 9.98. The van der Waals surface area contributed by atoms with E-state index in [0.29, 0.717) is 5.95 Å². The molecule has 0 aliphatic carbocycles. The number of quaternary nitrogens is 1. The maximum absolute atomic E-state index is 4.67. The van der Waals surface area contributed by atoms with Crippen LogP contribution < -0.4 is 20.5 Å². The molecule has 1 aromatic heterocycles. The van der Waals surface area contributed by atoms with Crippen molar-refractivity contribution in [2.45, 2.75) is 26.7 Å². The van der Waals surface area contributed by atoms with Crippen LogP contribution in [0.1, 0.15) is 23.7 Å². The van der Waals surface area contributed by atoms with Crippen LogP contribution in [0.4, 0.5) is 5.95 Å². The SMILES string of the molecule is CCc1ccc2nc(NC3=[NH+]C[NH+](CCc4ccccc4)CN3)nc(C)c2c1. The van der Waals surface area contributed by atoms with E-state index in [1.54, 1.807) is 0 Å². The van der Waals surface area contributed by atoms with Gasteiger partial charge in [-0.1, -0.05) is 43.3 Å². The minimum Gasteiger partial charge on any atom is -0.276 e. The van der Waals surface area contributed by atoms with Crippen molar-refractivity contribution in [2.75, 3.05) is 25.2 Å². The Labute approximate surface area is 165 Å². The molecule has 1 aliphatic rings. The number of benzene rings is 2. The zero-order valence-corrected chi connectivity index (χ0v) is 16.5. The van der Waals surface area contributed by atoms with Gasteiger partial charge in [-0.15, -0.1) is 0 Å². The number of fused-ring (bicyclic) bond motifs is 1. The van der Waals surface area contributed by atoms with Crippen LogP contribution in [0.15, 0.2) is 48.5 Å². The number of aryl methyl sites for hydroxylation is 2. The number of guanidine groups is 1. The van der Waals surface area contributed by atoms with Crippen LogP contribution >= 0.6 is 0 Å². The third kappa shape index (κ3) is 4.28. The van der Waals surface area contributed by atoms with Crippen molar-refractivity contribution in [3.05, 3.63) is 65.4 Å². The molecule has 3 aromatic rings. The molecule has 0 fully saturated rings. The Bertz CT molecular complexity index is 983. The van der Waals surface area contributed by atoms with Crippen molar-refractivity contribution >= 4 is 22.8 Å². The molecule has 28 heavy (non-hydrogen) atoms. The van der Waals surface area contributed by atoms with Crippen molar-refractivity contribution in [3.8, 4) is 0 Å². The molecule has 144 valence electrons. The monoisotopic (exact) mass is 376 g/mol. The molecule has 2 heterocycles. The first kappa shape index (κ1) is 18.4. The second kappa shape index (κ2) is 8.35. The van der Waals surface area contributed by atoms with Gasteiger partial charge in [-0.2, -0.15) is 4.98 Å². The Morgan fingerprint density at radius 1 is 1.11 bits per heavy atom. The summed E-state index contributed by atoms with van der Waals surface area (Å²) in [6.07, 6.45) is 2.10. The molecule has 0 amide bonds. The number of aromatic nitrogens is 2. The van der Waals surface area contributed by atoms with E-state index >= 15 is 0 Å². The zero-order chi connectivity index (χ0) is 19.3. The Balaban J connectivity index is 1.39. The Morgan fingerprint density at radius 3 is 2.71 bits per heavy atom. The van der Waals surface area contributed by atoms with E-state index in [4.69, 9.17) is 0 Å². The lowest BCUT2D eigenvalue weighted by Crippen LogP contribution is -3.24. The molecule has 0 spiro atoms. The normalized spacial score (nSPS) is 16.5. The lowest BCUT2D eigenvalue weighted by Gasteiger charge is -2.20. The van der Waals surface area contributed by atoms with Gasteiger partial charge in [-0.3, -0.25) is 4.90 Å². The maximum Gasteiger partial charge on any atom is 0.359 e. The smallest absolute Gasteiger partial charge is 0.276 e. The largest absolute Gasteiger partial charge is 0.359 e. The van der Waals surface area contributed by atoms with Crippen LogP contribution in [0, 0.1) is 6.92 Å². The van der Waals surface area contributed by atoms with Gasteiger partial charge in [-0.05, 0) is 36.6 Å². The number of rotatable bonds is 5. The van der Waals surface area contributed by atoms with E-state index in [9.17, 15) is 0 Å². The van der Waals surface area contributed by atoms with E-state index in [1.807, 2.05) is 6.92 Å². The van der Waals surface area contributed by atoms with Crippen LogP contribution in [0.25, 0.3) is 10.9 Å². The highest BCUT2D eigenvalue weighted by molar-refractivity contribution is 5.89. The highest BCUT2D eigenvalue weighted by Crippen LogP contribution is 2.19. The van der Waals surface area contributed by atoms with Gasteiger partial charge in [0.1, 0.15) is 0 Å². The van der Waals surface area contributed by atoms with Crippen LogP contribution in [0.3, 0.4) is 0 Å². The molecule has 0 saturated heterocycles. The molecule has 0 saturated carbocycles. The molecular formula is C22H28N6+2. The predicted octanol–water partition coefficient (Wildman–Crippen LogP) is -0.00508. The van der Waals surface area contributed by atoms with Crippen molar-refractivity contribution in [1.82, 2.24) is 15.3 Å². The second-order valence-electron chi connectivity index (χ2n) is 7.28. The molecule has 0 radical (unpaired) electrons. The number of anilines is 1. The van der Waals surface area contributed by atoms with Crippen LogP contribution in [-0.2, 0) is 12.8 Å². The van der Waals surface area contributed by atoms with Crippen LogP contribution in [-0.4, -0.2) is 35.8 Å². The van der Waals surface area contributed by atoms with Crippen LogP contribution in [0.2, 0.25) is 0 Å². The Kier molecular flexibility index (Phi) is 5.48. The number of nitrogens with zero attached hydrogens (tertiary/aromatic N) is 2. The lowest BCUT2D eigenvalue weighted by atomic mass is 10.1. The number of hydrogen-bond donors (Lipinski definition) is 4. The van der Waals surface area contributed by atoms with E-state index in [2.05, 4.69) is 81.0 Å². The summed E-state index contributed by atoms with van der Waals surface area (Å²) >= 11 is 0. The standard InChI is InChI=1S/C22H26N6/c1-3-17-9-10-20-19(13-17)16(2)25-22(26-20)27-21-23-14-28(15-24-21)12-11-18-7-5-4-6-8-18/h4-10,13H,3,11-12,14-15H2,1-2H3,(H2,23,24,25,26,27)/p+2. The topological polar surface area (TPSA) is 68.2 Å². The Hall–Kier alpha value is -2.99. The fraction of sp³-hybridized carbons (Fsp3) is 0.318. The predicted molar refractivity (Wildman–Crippen MR) is 112 cm³/mol. The average Bonchev–Trinajstić information content (AvgIpc) is 2.74. The number of nitrogens with one attached hydrogen (secondary N) is 4. The van der Waals surface area contributed by atoms with E-state index < -0.39 is 0 Å². The van der Waals surface area contributed by atoms with Gasteiger partial charge >= 0.3 is 5.96 Å². The van der Waals surface area contributed by atoms with Gasteiger partial charge in [0.2, 0.25) is 0 Å². The Morgan fingerprint density at radius 2 is 1.96 bits per heavy atom. The summed E-state index contributed by atoms with van der Waals surface area (Å²) in [4.78, 5) is 14.2. The third-order valence-corrected chi connectivity index (χ3v) is 5.24. The summed E-state index contributed by atoms with van der Waals surface area (Å²) < 4.78 is 0. The third-order valence-electron chi connectivity index (χ3n) is 5.24. The molecule has 6 heteroatoms. The fourth-order valence-electron chi connectivity index (χ4n) is 3.50. The summed E-state index contributed by atoms with van der Waals surface area (Å²) in [6, 6.07) is 17.0. The van der Waals surface area contributed by atoms with E-state index in [1.165, 1.54) is 16.0 Å². The van der Waals surface area contributed by atoms with E-state index in [-0.39, 0.29) is 0 Å². The summed E-state index contributed by atoms with van der Waals surface area (Å²) in [5.41, 5.74) is 4.66. The molecule has 1 atom stereocenters. The fourth-order valence-corrected chi connectivity index (χ4v) is 3.50.